The molecule has 0 aliphatic rings. The first kappa shape index (κ1) is 23.8. The van der Waals surface area contributed by atoms with Gasteiger partial charge in [-0.3, -0.25) is 4.79 Å². The van der Waals surface area contributed by atoms with Crippen LogP contribution in [-0.4, -0.2) is 34.0 Å². The first-order valence-corrected chi connectivity index (χ1v) is 12.0. The summed E-state index contributed by atoms with van der Waals surface area (Å²) in [5.41, 5.74) is 1.88. The molecule has 0 aliphatic carbocycles. The van der Waals surface area contributed by atoms with E-state index in [1.165, 1.54) is 24.3 Å². The number of carbonyl (C=O) groups is 1. The van der Waals surface area contributed by atoms with Crippen molar-refractivity contribution in [3.05, 3.63) is 95.0 Å². The molecule has 3 aromatic carbocycles. The van der Waals surface area contributed by atoms with Crippen LogP contribution in [0.2, 0.25) is 5.02 Å². The quantitative estimate of drug-likeness (QED) is 0.472. The minimum Gasteiger partial charge on any atom is -0.497 e. The second-order valence-corrected chi connectivity index (χ2v) is 9.36. The SMILES string of the molecule is COc1ccc(CCNC(=O)[C@@H](Cc2ccccc2)NS(=O)(=O)c2ccc(Cl)cc2)cc1. The smallest absolute Gasteiger partial charge is 0.241 e. The van der Waals surface area contributed by atoms with E-state index in [2.05, 4.69) is 10.0 Å². The number of amides is 1. The molecule has 168 valence electrons. The first-order valence-electron chi connectivity index (χ1n) is 10.1. The van der Waals surface area contributed by atoms with Gasteiger partial charge in [-0.25, -0.2) is 8.42 Å². The fourth-order valence-electron chi connectivity index (χ4n) is 3.15. The molecule has 8 heteroatoms. The molecule has 2 N–H and O–H groups in total. The summed E-state index contributed by atoms with van der Waals surface area (Å²) in [4.78, 5) is 13.0. The van der Waals surface area contributed by atoms with Gasteiger partial charge >= 0.3 is 0 Å². The number of carbonyl (C=O) groups excluding carboxylic acids is 1. The lowest BCUT2D eigenvalue weighted by atomic mass is 10.1. The minimum atomic E-state index is -3.91. The summed E-state index contributed by atoms with van der Waals surface area (Å²) in [6.07, 6.45) is 0.833. The summed E-state index contributed by atoms with van der Waals surface area (Å²) < 4.78 is 33.4. The van der Waals surface area contributed by atoms with Crippen molar-refractivity contribution < 1.29 is 17.9 Å². The Bertz CT molecular complexity index is 1120. The van der Waals surface area contributed by atoms with Crippen LogP contribution >= 0.6 is 11.6 Å². The Morgan fingerprint density at radius 3 is 2.22 bits per heavy atom. The van der Waals surface area contributed by atoms with Crippen LogP contribution in [-0.2, 0) is 27.7 Å². The summed E-state index contributed by atoms with van der Waals surface area (Å²) in [6.45, 7) is 0.374. The number of rotatable bonds is 10. The number of methoxy groups -OCH3 is 1. The minimum absolute atomic E-state index is 0.0472. The summed E-state index contributed by atoms with van der Waals surface area (Å²) in [6, 6.07) is 21.7. The number of nitrogens with one attached hydrogen (secondary N) is 2. The Labute approximate surface area is 193 Å². The van der Waals surface area contributed by atoms with E-state index in [0.29, 0.717) is 18.0 Å². The van der Waals surface area contributed by atoms with Crippen LogP contribution in [0, 0.1) is 0 Å². The van der Waals surface area contributed by atoms with Crippen LogP contribution in [0.1, 0.15) is 11.1 Å². The molecule has 0 radical (unpaired) electrons. The molecule has 1 amide bonds. The average Bonchev–Trinajstić information content (AvgIpc) is 2.80. The topological polar surface area (TPSA) is 84.5 Å². The highest BCUT2D eigenvalue weighted by Gasteiger charge is 2.26. The number of sulfonamides is 1. The standard InChI is InChI=1S/C24H25ClN2O4S/c1-31-21-11-7-18(8-12-21)15-16-26-24(28)23(17-19-5-3-2-4-6-19)27-32(29,30)22-13-9-20(25)10-14-22/h2-14,23,27H,15-17H2,1H3,(H,26,28)/t23-/m1/s1. The third-order valence-electron chi connectivity index (χ3n) is 4.89. The summed E-state index contributed by atoms with van der Waals surface area (Å²) in [5, 5.41) is 3.28. The lowest BCUT2D eigenvalue weighted by Gasteiger charge is -2.19. The number of hydrogen-bond acceptors (Lipinski definition) is 4. The molecule has 1 atom stereocenters. The highest BCUT2D eigenvalue weighted by atomic mass is 35.5. The Balaban J connectivity index is 1.69. The maximum absolute atomic E-state index is 12.9. The van der Waals surface area contributed by atoms with Crippen molar-refractivity contribution >= 4 is 27.5 Å². The van der Waals surface area contributed by atoms with E-state index in [4.69, 9.17) is 16.3 Å². The molecular formula is C24H25ClN2O4S. The van der Waals surface area contributed by atoms with E-state index in [1.54, 1.807) is 7.11 Å². The highest BCUT2D eigenvalue weighted by Crippen LogP contribution is 2.15. The maximum Gasteiger partial charge on any atom is 0.241 e. The van der Waals surface area contributed by atoms with Gasteiger partial charge in [0.1, 0.15) is 11.8 Å². The monoisotopic (exact) mass is 472 g/mol. The largest absolute Gasteiger partial charge is 0.497 e. The molecular weight excluding hydrogens is 448 g/mol. The van der Waals surface area contributed by atoms with Gasteiger partial charge < -0.3 is 10.1 Å². The zero-order valence-electron chi connectivity index (χ0n) is 17.6. The number of halogens is 1. The summed E-state index contributed by atoms with van der Waals surface area (Å²) in [5.74, 6) is 0.372. The summed E-state index contributed by atoms with van der Waals surface area (Å²) in [7, 11) is -2.31. The van der Waals surface area contributed by atoms with Gasteiger partial charge in [0.05, 0.1) is 12.0 Å². The van der Waals surface area contributed by atoms with Crippen molar-refractivity contribution in [3.8, 4) is 5.75 Å². The molecule has 32 heavy (non-hydrogen) atoms. The Morgan fingerprint density at radius 2 is 1.59 bits per heavy atom. The van der Waals surface area contributed by atoms with Crippen LogP contribution in [0.4, 0.5) is 0 Å². The molecule has 0 fully saturated rings. The van der Waals surface area contributed by atoms with Gasteiger partial charge in [0.25, 0.3) is 0 Å². The van der Waals surface area contributed by atoms with E-state index < -0.39 is 16.1 Å². The number of benzene rings is 3. The highest BCUT2D eigenvalue weighted by molar-refractivity contribution is 7.89. The third kappa shape index (κ3) is 6.82. The fraction of sp³-hybridized carbons (Fsp3) is 0.208. The number of ether oxygens (including phenoxy) is 1. The van der Waals surface area contributed by atoms with E-state index >= 15 is 0 Å². The summed E-state index contributed by atoms with van der Waals surface area (Å²) >= 11 is 5.86. The van der Waals surface area contributed by atoms with Crippen LogP contribution < -0.4 is 14.8 Å². The molecule has 0 aliphatic heterocycles. The fourth-order valence-corrected chi connectivity index (χ4v) is 4.47. The molecule has 0 bridgehead atoms. The lowest BCUT2D eigenvalue weighted by Crippen LogP contribution is -2.48. The van der Waals surface area contributed by atoms with Crippen LogP contribution in [0.25, 0.3) is 0 Å². The van der Waals surface area contributed by atoms with Crippen LogP contribution in [0.15, 0.2) is 83.8 Å². The van der Waals surface area contributed by atoms with Crippen LogP contribution in [0.3, 0.4) is 0 Å². The van der Waals surface area contributed by atoms with Crippen molar-refractivity contribution in [3.63, 3.8) is 0 Å². The van der Waals surface area contributed by atoms with Crippen molar-refractivity contribution in [1.29, 1.82) is 0 Å². The maximum atomic E-state index is 12.9. The van der Waals surface area contributed by atoms with E-state index in [1.807, 2.05) is 54.6 Å². The Kier molecular flexibility index (Phi) is 8.27. The molecule has 0 heterocycles. The van der Waals surface area contributed by atoms with E-state index in [0.717, 1.165) is 16.9 Å². The molecule has 0 saturated heterocycles. The van der Waals surface area contributed by atoms with E-state index in [9.17, 15) is 13.2 Å². The second kappa shape index (κ2) is 11.1. The van der Waals surface area contributed by atoms with Crippen molar-refractivity contribution in [2.75, 3.05) is 13.7 Å². The second-order valence-electron chi connectivity index (χ2n) is 7.21. The van der Waals surface area contributed by atoms with Gasteiger partial charge in [0, 0.05) is 11.6 Å². The van der Waals surface area contributed by atoms with Gasteiger partial charge in [0.2, 0.25) is 15.9 Å². The first-order chi connectivity index (χ1) is 15.4. The van der Waals surface area contributed by atoms with Crippen molar-refractivity contribution in [2.24, 2.45) is 0 Å². The van der Waals surface area contributed by atoms with Crippen molar-refractivity contribution in [1.82, 2.24) is 10.0 Å². The van der Waals surface area contributed by atoms with Gasteiger partial charge in [-0.15, -0.1) is 0 Å². The Hall–Kier alpha value is -2.87. The molecule has 0 unspecified atom stereocenters. The zero-order chi connectivity index (χ0) is 23.0. The van der Waals surface area contributed by atoms with Crippen LogP contribution in [0.5, 0.6) is 5.75 Å². The molecule has 0 aromatic heterocycles. The predicted molar refractivity (Wildman–Crippen MR) is 125 cm³/mol. The molecule has 3 aromatic rings. The van der Waals surface area contributed by atoms with Crippen molar-refractivity contribution in [2.45, 2.75) is 23.8 Å². The molecule has 3 rings (SSSR count). The number of hydrogen-bond donors (Lipinski definition) is 2. The average molecular weight is 473 g/mol. The normalized spacial score (nSPS) is 12.2. The molecule has 0 saturated carbocycles. The molecule has 6 nitrogen and oxygen atoms in total. The Morgan fingerprint density at radius 1 is 0.938 bits per heavy atom. The van der Waals surface area contributed by atoms with Gasteiger partial charge in [0.15, 0.2) is 0 Å². The van der Waals surface area contributed by atoms with Gasteiger partial charge in [-0.05, 0) is 60.4 Å². The third-order valence-corrected chi connectivity index (χ3v) is 6.63. The zero-order valence-corrected chi connectivity index (χ0v) is 19.2. The molecule has 0 spiro atoms. The van der Waals surface area contributed by atoms with Gasteiger partial charge in [-0.2, -0.15) is 4.72 Å². The van der Waals surface area contributed by atoms with Gasteiger partial charge in [-0.1, -0.05) is 54.1 Å². The lowest BCUT2D eigenvalue weighted by molar-refractivity contribution is -0.122. The predicted octanol–water partition coefficient (Wildman–Crippen LogP) is 3.60. The van der Waals surface area contributed by atoms with E-state index in [-0.39, 0.29) is 17.2 Å².